The Morgan fingerprint density at radius 2 is 1.88 bits per heavy atom. The minimum Gasteiger partial charge on any atom is -0.331 e. The monoisotopic (exact) mass is 339 g/mol. The third kappa shape index (κ3) is 3.96. The van der Waals surface area contributed by atoms with E-state index >= 15 is 0 Å². The Balaban J connectivity index is 1.72. The summed E-state index contributed by atoms with van der Waals surface area (Å²) in [5.41, 5.74) is 1.17. The normalized spacial score (nSPS) is 17.4. The Labute approximate surface area is 150 Å². The second kappa shape index (κ2) is 7.87. The molecule has 134 valence electrons. The molecule has 0 saturated carbocycles. The standard InChI is InChI=1S/C21H29N3O/c1-4-24(18-12-14-23(3)15-13-18)21(25)22-16(2)19-11-7-9-17-8-5-6-10-20(17)19/h5-11,16,18H,4,12-15H2,1-3H3,(H,22,25)/t16-/m0/s1. The number of amides is 2. The van der Waals surface area contributed by atoms with E-state index < -0.39 is 0 Å². The summed E-state index contributed by atoms with van der Waals surface area (Å²) in [5, 5.41) is 5.64. The number of nitrogens with one attached hydrogen (secondary N) is 1. The van der Waals surface area contributed by atoms with Crippen molar-refractivity contribution in [1.82, 2.24) is 15.1 Å². The summed E-state index contributed by atoms with van der Waals surface area (Å²) in [7, 11) is 2.15. The highest BCUT2D eigenvalue weighted by Crippen LogP contribution is 2.24. The van der Waals surface area contributed by atoms with Crippen molar-refractivity contribution in [2.45, 2.75) is 38.8 Å². The average Bonchev–Trinajstić information content (AvgIpc) is 2.63. The molecule has 0 spiro atoms. The zero-order valence-electron chi connectivity index (χ0n) is 15.5. The highest BCUT2D eigenvalue weighted by Gasteiger charge is 2.26. The number of likely N-dealkylation sites (tertiary alicyclic amines) is 1. The van der Waals surface area contributed by atoms with Crippen LogP contribution in [0.5, 0.6) is 0 Å². The third-order valence-corrected chi connectivity index (χ3v) is 5.36. The molecule has 0 unspecified atom stereocenters. The van der Waals surface area contributed by atoms with Crippen molar-refractivity contribution in [2.24, 2.45) is 0 Å². The number of urea groups is 1. The van der Waals surface area contributed by atoms with E-state index in [1.165, 1.54) is 16.3 Å². The van der Waals surface area contributed by atoms with E-state index in [4.69, 9.17) is 0 Å². The SMILES string of the molecule is CCN(C(=O)N[C@@H](C)c1cccc2ccccc12)C1CCN(C)CC1. The largest absolute Gasteiger partial charge is 0.331 e. The van der Waals surface area contributed by atoms with Gasteiger partial charge in [-0.2, -0.15) is 0 Å². The molecule has 2 aromatic carbocycles. The zero-order chi connectivity index (χ0) is 17.8. The van der Waals surface area contributed by atoms with Gasteiger partial charge >= 0.3 is 6.03 Å². The molecule has 0 bridgehead atoms. The molecule has 1 N–H and O–H groups in total. The predicted octanol–water partition coefficient (Wildman–Crippen LogP) is 4.03. The van der Waals surface area contributed by atoms with Gasteiger partial charge in [-0.3, -0.25) is 0 Å². The first-order valence-corrected chi connectivity index (χ1v) is 9.33. The number of hydrogen-bond donors (Lipinski definition) is 1. The highest BCUT2D eigenvalue weighted by molar-refractivity contribution is 5.86. The van der Waals surface area contributed by atoms with E-state index in [0.717, 1.165) is 32.5 Å². The Bertz CT molecular complexity index is 717. The van der Waals surface area contributed by atoms with Crippen LogP contribution in [0.25, 0.3) is 10.8 Å². The molecule has 0 aromatic heterocycles. The van der Waals surface area contributed by atoms with Crippen molar-refractivity contribution in [3.8, 4) is 0 Å². The van der Waals surface area contributed by atoms with Crippen LogP contribution in [0.3, 0.4) is 0 Å². The average molecular weight is 339 g/mol. The molecule has 1 fully saturated rings. The van der Waals surface area contributed by atoms with Gasteiger partial charge in [-0.05, 0) is 63.2 Å². The van der Waals surface area contributed by atoms with Gasteiger partial charge in [-0.1, -0.05) is 42.5 Å². The summed E-state index contributed by atoms with van der Waals surface area (Å²) in [6.07, 6.45) is 2.11. The molecule has 1 heterocycles. The predicted molar refractivity (Wildman–Crippen MR) is 104 cm³/mol. The molecule has 0 aliphatic carbocycles. The maximum atomic E-state index is 12.9. The quantitative estimate of drug-likeness (QED) is 0.913. The number of nitrogens with zero attached hydrogens (tertiary/aromatic N) is 2. The summed E-state index contributed by atoms with van der Waals surface area (Å²) in [6.45, 7) is 7.02. The lowest BCUT2D eigenvalue weighted by molar-refractivity contribution is 0.133. The molecule has 1 saturated heterocycles. The first kappa shape index (κ1) is 17.7. The number of carbonyl (C=O) groups excluding carboxylic acids is 1. The lowest BCUT2D eigenvalue weighted by Crippen LogP contribution is -2.50. The smallest absolute Gasteiger partial charge is 0.318 e. The second-order valence-electron chi connectivity index (χ2n) is 7.06. The van der Waals surface area contributed by atoms with Crippen molar-refractivity contribution >= 4 is 16.8 Å². The van der Waals surface area contributed by atoms with E-state index in [0.29, 0.717) is 6.04 Å². The maximum Gasteiger partial charge on any atom is 0.318 e. The molecular formula is C21H29N3O. The van der Waals surface area contributed by atoms with Crippen molar-refractivity contribution in [3.63, 3.8) is 0 Å². The molecular weight excluding hydrogens is 310 g/mol. The van der Waals surface area contributed by atoms with Crippen LogP contribution in [0.4, 0.5) is 4.79 Å². The molecule has 1 aliphatic rings. The molecule has 1 aliphatic heterocycles. The minimum atomic E-state index is -0.0149. The van der Waals surface area contributed by atoms with E-state index in [1.54, 1.807) is 0 Å². The lowest BCUT2D eigenvalue weighted by Gasteiger charge is -2.37. The summed E-state index contributed by atoms with van der Waals surface area (Å²) < 4.78 is 0. The number of rotatable bonds is 4. The van der Waals surface area contributed by atoms with Crippen LogP contribution in [-0.2, 0) is 0 Å². The number of carbonyl (C=O) groups is 1. The van der Waals surface area contributed by atoms with E-state index in [-0.39, 0.29) is 12.1 Å². The number of hydrogen-bond acceptors (Lipinski definition) is 2. The second-order valence-corrected chi connectivity index (χ2v) is 7.06. The molecule has 4 heteroatoms. The van der Waals surface area contributed by atoms with E-state index in [2.05, 4.69) is 67.5 Å². The number of piperidine rings is 1. The number of fused-ring (bicyclic) bond motifs is 1. The van der Waals surface area contributed by atoms with Gasteiger partial charge in [-0.15, -0.1) is 0 Å². The van der Waals surface area contributed by atoms with Gasteiger partial charge in [0.2, 0.25) is 0 Å². The molecule has 1 atom stereocenters. The van der Waals surface area contributed by atoms with Gasteiger partial charge in [0, 0.05) is 12.6 Å². The Morgan fingerprint density at radius 1 is 1.20 bits per heavy atom. The molecule has 3 rings (SSSR count). The first-order chi connectivity index (χ1) is 12.1. The molecule has 2 aromatic rings. The van der Waals surface area contributed by atoms with Gasteiger partial charge in [0.05, 0.1) is 6.04 Å². The van der Waals surface area contributed by atoms with Crippen LogP contribution in [0, 0.1) is 0 Å². The number of benzene rings is 2. The van der Waals surface area contributed by atoms with Gasteiger partial charge in [0.25, 0.3) is 0 Å². The molecule has 4 nitrogen and oxygen atoms in total. The van der Waals surface area contributed by atoms with Crippen LogP contribution in [0.1, 0.15) is 38.3 Å². The van der Waals surface area contributed by atoms with Crippen LogP contribution in [-0.4, -0.2) is 48.6 Å². The zero-order valence-corrected chi connectivity index (χ0v) is 15.5. The fourth-order valence-corrected chi connectivity index (χ4v) is 3.85. The highest BCUT2D eigenvalue weighted by atomic mass is 16.2. The Morgan fingerprint density at radius 3 is 2.60 bits per heavy atom. The van der Waals surface area contributed by atoms with Crippen LogP contribution in [0.2, 0.25) is 0 Å². The maximum absolute atomic E-state index is 12.9. The van der Waals surface area contributed by atoms with Gasteiger partial charge in [-0.25, -0.2) is 4.79 Å². The van der Waals surface area contributed by atoms with Gasteiger partial charge in [0.1, 0.15) is 0 Å². The fraction of sp³-hybridized carbons (Fsp3) is 0.476. The van der Waals surface area contributed by atoms with E-state index in [9.17, 15) is 4.79 Å². The Kier molecular flexibility index (Phi) is 5.59. The van der Waals surface area contributed by atoms with Gasteiger partial charge < -0.3 is 15.1 Å². The van der Waals surface area contributed by atoms with Crippen LogP contribution in [0.15, 0.2) is 42.5 Å². The lowest BCUT2D eigenvalue weighted by atomic mass is 9.99. The summed E-state index contributed by atoms with van der Waals surface area (Å²) in [4.78, 5) is 17.2. The van der Waals surface area contributed by atoms with Crippen LogP contribution < -0.4 is 5.32 Å². The van der Waals surface area contributed by atoms with Crippen molar-refractivity contribution in [3.05, 3.63) is 48.0 Å². The van der Waals surface area contributed by atoms with Crippen molar-refractivity contribution < 1.29 is 4.79 Å². The fourth-order valence-electron chi connectivity index (χ4n) is 3.85. The van der Waals surface area contributed by atoms with Gasteiger partial charge in [0.15, 0.2) is 0 Å². The van der Waals surface area contributed by atoms with Crippen molar-refractivity contribution in [1.29, 1.82) is 0 Å². The molecule has 25 heavy (non-hydrogen) atoms. The summed E-state index contributed by atoms with van der Waals surface area (Å²) in [5.74, 6) is 0. The van der Waals surface area contributed by atoms with Crippen molar-refractivity contribution in [2.75, 3.05) is 26.7 Å². The minimum absolute atomic E-state index is 0.0149. The summed E-state index contributed by atoms with van der Waals surface area (Å²) >= 11 is 0. The molecule has 2 amide bonds. The Hall–Kier alpha value is -2.07. The third-order valence-electron chi connectivity index (χ3n) is 5.36. The van der Waals surface area contributed by atoms with Crippen LogP contribution >= 0.6 is 0 Å². The summed E-state index contributed by atoms with van der Waals surface area (Å²) in [6, 6.07) is 15.0. The molecule has 0 radical (unpaired) electrons. The first-order valence-electron chi connectivity index (χ1n) is 9.33. The van der Waals surface area contributed by atoms with E-state index in [1.807, 2.05) is 11.0 Å². The topological polar surface area (TPSA) is 35.6 Å².